The molecule has 0 radical (unpaired) electrons. The molecule has 0 amide bonds. The van der Waals surface area contributed by atoms with Crippen molar-refractivity contribution >= 4 is 27.9 Å². The van der Waals surface area contributed by atoms with E-state index in [2.05, 4.69) is 9.38 Å². The highest BCUT2D eigenvalue weighted by molar-refractivity contribution is 7.90. The fourth-order valence-electron chi connectivity index (χ4n) is 1.78. The summed E-state index contributed by atoms with van der Waals surface area (Å²) in [7, 11) is -3.70. The van der Waals surface area contributed by atoms with Crippen LogP contribution in [0.15, 0.2) is 51.9 Å². The van der Waals surface area contributed by atoms with Crippen LogP contribution in [0.25, 0.3) is 0 Å². The summed E-state index contributed by atoms with van der Waals surface area (Å²) in [5.41, 5.74) is 0.583. The third-order valence-electron chi connectivity index (χ3n) is 2.66. The number of benzene rings is 1. The zero-order valence-electron chi connectivity index (χ0n) is 9.56. The highest BCUT2D eigenvalue weighted by Crippen LogP contribution is 2.32. The summed E-state index contributed by atoms with van der Waals surface area (Å²) >= 11 is 0. The zero-order chi connectivity index (χ0) is 13.5. The molecule has 3 rings (SSSR count). The molecule has 0 fully saturated rings. The monoisotopic (exact) mass is 277 g/mol. The first-order valence-corrected chi connectivity index (χ1v) is 6.82. The van der Waals surface area contributed by atoms with Crippen molar-refractivity contribution in [3.8, 4) is 0 Å². The Balaban J connectivity index is 2.17. The molecule has 2 heterocycles. The number of pyridine rings is 1. The van der Waals surface area contributed by atoms with Gasteiger partial charge in [-0.15, -0.1) is 4.40 Å². The van der Waals surface area contributed by atoms with Crippen LogP contribution in [0.5, 0.6) is 0 Å². The number of hydrogen-bond donors (Lipinski definition) is 0. The lowest BCUT2D eigenvalue weighted by atomic mass is 10.3. The SMILES string of the molecule is O=S1(=O)N=CN(c2ccc(F)cc2)c2ncccc21. The van der Waals surface area contributed by atoms with Crippen LogP contribution >= 0.6 is 0 Å². The van der Waals surface area contributed by atoms with Gasteiger partial charge in [0.1, 0.15) is 17.1 Å². The van der Waals surface area contributed by atoms with E-state index in [0.29, 0.717) is 5.69 Å². The number of nitrogens with zero attached hydrogens (tertiary/aromatic N) is 3. The Morgan fingerprint density at radius 3 is 2.58 bits per heavy atom. The van der Waals surface area contributed by atoms with Crippen LogP contribution in [-0.2, 0) is 10.0 Å². The molecular weight excluding hydrogens is 269 g/mol. The number of fused-ring (bicyclic) bond motifs is 1. The minimum Gasteiger partial charge on any atom is -0.283 e. The molecule has 2 aromatic rings. The van der Waals surface area contributed by atoms with E-state index >= 15 is 0 Å². The number of anilines is 2. The zero-order valence-corrected chi connectivity index (χ0v) is 10.4. The summed E-state index contributed by atoms with van der Waals surface area (Å²) in [6, 6.07) is 8.59. The highest BCUT2D eigenvalue weighted by atomic mass is 32.2. The minimum absolute atomic E-state index is 0.0295. The summed E-state index contributed by atoms with van der Waals surface area (Å²) in [6.07, 6.45) is 2.65. The van der Waals surface area contributed by atoms with Gasteiger partial charge in [-0.25, -0.2) is 9.37 Å². The first-order valence-electron chi connectivity index (χ1n) is 5.38. The molecule has 0 N–H and O–H groups in total. The van der Waals surface area contributed by atoms with Gasteiger partial charge in [-0.05, 0) is 36.4 Å². The number of rotatable bonds is 1. The molecule has 0 saturated heterocycles. The van der Waals surface area contributed by atoms with Gasteiger partial charge < -0.3 is 0 Å². The maximum atomic E-state index is 12.9. The molecule has 1 aliphatic heterocycles. The van der Waals surface area contributed by atoms with Crippen LogP contribution in [0.1, 0.15) is 0 Å². The fraction of sp³-hybridized carbons (Fsp3) is 0. The predicted molar refractivity (Wildman–Crippen MR) is 68.5 cm³/mol. The van der Waals surface area contributed by atoms with E-state index in [1.807, 2.05) is 0 Å². The van der Waals surface area contributed by atoms with Gasteiger partial charge in [0, 0.05) is 11.9 Å². The van der Waals surface area contributed by atoms with Crippen molar-refractivity contribution in [1.29, 1.82) is 0 Å². The lowest BCUT2D eigenvalue weighted by Crippen LogP contribution is -2.23. The van der Waals surface area contributed by atoms with Crippen molar-refractivity contribution < 1.29 is 12.8 Å². The van der Waals surface area contributed by atoms with Crippen molar-refractivity contribution in [2.45, 2.75) is 4.90 Å². The molecule has 0 bridgehead atoms. The molecule has 0 atom stereocenters. The van der Waals surface area contributed by atoms with Gasteiger partial charge in [0.05, 0.1) is 0 Å². The van der Waals surface area contributed by atoms with Gasteiger partial charge in [-0.2, -0.15) is 8.42 Å². The normalized spacial score (nSPS) is 16.2. The van der Waals surface area contributed by atoms with E-state index in [1.54, 1.807) is 0 Å². The number of halogens is 1. The van der Waals surface area contributed by atoms with Gasteiger partial charge in [0.25, 0.3) is 10.0 Å². The predicted octanol–water partition coefficient (Wildman–Crippen LogP) is 2.09. The second-order valence-electron chi connectivity index (χ2n) is 3.87. The van der Waals surface area contributed by atoms with E-state index < -0.39 is 10.0 Å². The lowest BCUT2D eigenvalue weighted by Gasteiger charge is -2.23. The van der Waals surface area contributed by atoms with E-state index in [1.165, 1.54) is 47.5 Å². The van der Waals surface area contributed by atoms with E-state index in [0.717, 1.165) is 6.34 Å². The summed E-state index contributed by atoms with van der Waals surface area (Å²) < 4.78 is 40.0. The average Bonchev–Trinajstić information content (AvgIpc) is 2.41. The van der Waals surface area contributed by atoms with E-state index in [4.69, 9.17) is 0 Å². The Kier molecular flexibility index (Phi) is 2.56. The molecule has 1 aliphatic rings. The smallest absolute Gasteiger partial charge is 0.283 e. The lowest BCUT2D eigenvalue weighted by molar-refractivity contribution is 0.597. The Bertz CT molecular complexity index is 757. The Morgan fingerprint density at radius 1 is 1.11 bits per heavy atom. The molecule has 1 aromatic carbocycles. The molecule has 1 aromatic heterocycles. The van der Waals surface area contributed by atoms with E-state index in [9.17, 15) is 12.8 Å². The molecule has 96 valence electrons. The molecular formula is C12H8FN3O2S. The van der Waals surface area contributed by atoms with Crippen molar-refractivity contribution in [1.82, 2.24) is 4.98 Å². The van der Waals surface area contributed by atoms with Gasteiger partial charge in [0.2, 0.25) is 0 Å². The average molecular weight is 277 g/mol. The third kappa shape index (κ3) is 1.97. The highest BCUT2D eigenvalue weighted by Gasteiger charge is 2.26. The molecule has 7 heteroatoms. The van der Waals surface area contributed by atoms with Crippen LogP contribution in [0, 0.1) is 5.82 Å². The molecule has 5 nitrogen and oxygen atoms in total. The largest absolute Gasteiger partial charge is 0.287 e. The standard InChI is InChI=1S/C12H8FN3O2S/c13-9-3-5-10(6-4-9)16-8-15-19(17,18)11-2-1-7-14-12(11)16/h1-8H. The van der Waals surface area contributed by atoms with Gasteiger partial charge in [0.15, 0.2) is 5.82 Å². The minimum atomic E-state index is -3.70. The van der Waals surface area contributed by atoms with Crippen LogP contribution < -0.4 is 4.90 Å². The molecule has 0 aliphatic carbocycles. The molecule has 0 saturated carbocycles. The topological polar surface area (TPSA) is 62.6 Å². The van der Waals surface area contributed by atoms with E-state index in [-0.39, 0.29) is 16.5 Å². The quantitative estimate of drug-likeness (QED) is 0.800. The van der Waals surface area contributed by atoms with Crippen LogP contribution in [0.4, 0.5) is 15.9 Å². The van der Waals surface area contributed by atoms with Gasteiger partial charge in [-0.3, -0.25) is 4.90 Å². The summed E-state index contributed by atoms with van der Waals surface area (Å²) in [5.74, 6) is -0.115. The maximum Gasteiger partial charge on any atom is 0.287 e. The Morgan fingerprint density at radius 2 is 1.84 bits per heavy atom. The second-order valence-corrected chi connectivity index (χ2v) is 5.47. The number of sulfonamides is 1. The van der Waals surface area contributed by atoms with Crippen molar-refractivity contribution in [3.05, 3.63) is 48.4 Å². The first kappa shape index (κ1) is 11.8. The molecule has 0 unspecified atom stereocenters. The molecule has 0 spiro atoms. The Labute approximate surface area is 109 Å². The first-order chi connectivity index (χ1) is 9.08. The van der Waals surface area contributed by atoms with Crippen molar-refractivity contribution in [2.75, 3.05) is 4.90 Å². The van der Waals surface area contributed by atoms with Crippen LogP contribution in [-0.4, -0.2) is 19.7 Å². The van der Waals surface area contributed by atoms with Gasteiger partial charge in [-0.1, -0.05) is 0 Å². The molecule has 19 heavy (non-hydrogen) atoms. The van der Waals surface area contributed by atoms with Crippen LogP contribution in [0.2, 0.25) is 0 Å². The van der Waals surface area contributed by atoms with Crippen molar-refractivity contribution in [2.24, 2.45) is 4.40 Å². The van der Waals surface area contributed by atoms with Crippen molar-refractivity contribution in [3.63, 3.8) is 0 Å². The second kappa shape index (κ2) is 4.13. The summed E-state index contributed by atoms with van der Waals surface area (Å²) in [5, 5.41) is 0. The summed E-state index contributed by atoms with van der Waals surface area (Å²) in [4.78, 5) is 5.58. The number of aromatic nitrogens is 1. The fourth-order valence-corrected chi connectivity index (χ4v) is 2.74. The van der Waals surface area contributed by atoms with Crippen LogP contribution in [0.3, 0.4) is 0 Å². The Hall–Kier alpha value is -2.28. The maximum absolute atomic E-state index is 12.9. The van der Waals surface area contributed by atoms with Gasteiger partial charge >= 0.3 is 0 Å². The number of hydrogen-bond acceptors (Lipinski definition) is 4. The summed E-state index contributed by atoms with van der Waals surface area (Å²) in [6.45, 7) is 0. The third-order valence-corrected chi connectivity index (χ3v) is 3.91.